The van der Waals surface area contributed by atoms with E-state index in [9.17, 15) is 0 Å². The van der Waals surface area contributed by atoms with Gasteiger partial charge in [0.25, 0.3) is 0 Å². The Morgan fingerprint density at radius 1 is 1.05 bits per heavy atom. The topological polar surface area (TPSA) is 15.3 Å². The van der Waals surface area contributed by atoms with Gasteiger partial charge < -0.3 is 10.2 Å². The summed E-state index contributed by atoms with van der Waals surface area (Å²) < 4.78 is 0. The average molecular weight is 252 g/mol. The van der Waals surface area contributed by atoms with Crippen LogP contribution in [0.1, 0.15) is 12.5 Å². The number of allylic oxidation sites excluding steroid dienone is 1. The number of rotatable bonds is 5. The van der Waals surface area contributed by atoms with E-state index in [-0.39, 0.29) is 0 Å². The van der Waals surface area contributed by atoms with Gasteiger partial charge in [0, 0.05) is 26.0 Å². The maximum Gasteiger partial charge on any atom is 0.0470 e. The van der Waals surface area contributed by atoms with Crippen molar-refractivity contribution in [1.29, 1.82) is 0 Å². The maximum atomic E-state index is 3.02. The monoisotopic (exact) mass is 252 g/mol. The molecule has 0 amide bonds. The third-order valence-corrected chi connectivity index (χ3v) is 2.95. The van der Waals surface area contributed by atoms with Crippen molar-refractivity contribution in [1.82, 2.24) is 10.2 Å². The first-order valence-corrected chi connectivity index (χ1v) is 6.53. The summed E-state index contributed by atoms with van der Waals surface area (Å²) >= 11 is 0. The van der Waals surface area contributed by atoms with Crippen LogP contribution in [0.15, 0.2) is 67.1 Å². The van der Waals surface area contributed by atoms with Gasteiger partial charge in [-0.3, -0.25) is 0 Å². The summed E-state index contributed by atoms with van der Waals surface area (Å²) in [6.45, 7) is 2.90. The van der Waals surface area contributed by atoms with Gasteiger partial charge in [-0.1, -0.05) is 42.5 Å². The standard InChI is InChI=1S/C17H20N2/c1-3-11-19(12-10-18-2)14-15-8-9-16-6-4-5-7-17(16)13-15/h3-13,18H,14H2,1-2H3/b11-3-,12-10-. The molecule has 1 N–H and O–H groups in total. The second-order valence-corrected chi connectivity index (χ2v) is 4.44. The van der Waals surface area contributed by atoms with Crippen LogP contribution in [-0.4, -0.2) is 11.9 Å². The summed E-state index contributed by atoms with van der Waals surface area (Å²) in [5.74, 6) is 0. The van der Waals surface area contributed by atoms with Crippen molar-refractivity contribution in [3.63, 3.8) is 0 Å². The lowest BCUT2D eigenvalue weighted by Crippen LogP contribution is -2.10. The summed E-state index contributed by atoms with van der Waals surface area (Å²) in [6, 6.07) is 15.1. The van der Waals surface area contributed by atoms with Crippen molar-refractivity contribution < 1.29 is 0 Å². The zero-order valence-corrected chi connectivity index (χ0v) is 11.5. The number of nitrogens with zero attached hydrogens (tertiary/aromatic N) is 1. The highest BCUT2D eigenvalue weighted by Crippen LogP contribution is 2.17. The highest BCUT2D eigenvalue weighted by Gasteiger charge is 1.99. The van der Waals surface area contributed by atoms with Crippen LogP contribution in [0.3, 0.4) is 0 Å². The summed E-state index contributed by atoms with van der Waals surface area (Å²) in [5.41, 5.74) is 1.30. The molecule has 0 radical (unpaired) electrons. The van der Waals surface area contributed by atoms with Crippen molar-refractivity contribution in [2.75, 3.05) is 7.05 Å². The average Bonchev–Trinajstić information content (AvgIpc) is 2.45. The Balaban J connectivity index is 2.21. The zero-order chi connectivity index (χ0) is 13.5. The fourth-order valence-corrected chi connectivity index (χ4v) is 2.06. The number of benzene rings is 2. The molecule has 0 atom stereocenters. The number of nitrogens with one attached hydrogen (secondary N) is 1. The molecule has 98 valence electrons. The summed E-state index contributed by atoms with van der Waals surface area (Å²) in [5, 5.41) is 5.59. The highest BCUT2D eigenvalue weighted by molar-refractivity contribution is 5.82. The molecule has 0 heterocycles. The van der Waals surface area contributed by atoms with Crippen LogP contribution in [0.25, 0.3) is 10.8 Å². The van der Waals surface area contributed by atoms with Crippen LogP contribution in [0.2, 0.25) is 0 Å². The fraction of sp³-hybridized carbons (Fsp3) is 0.176. The molecule has 0 saturated carbocycles. The molecule has 2 heteroatoms. The molecular weight excluding hydrogens is 232 g/mol. The summed E-state index contributed by atoms with van der Waals surface area (Å²) in [6.07, 6.45) is 8.08. The van der Waals surface area contributed by atoms with E-state index in [1.54, 1.807) is 0 Å². The molecule has 0 unspecified atom stereocenters. The second kappa shape index (κ2) is 6.64. The number of hydrogen-bond donors (Lipinski definition) is 1. The first kappa shape index (κ1) is 13.2. The molecule has 19 heavy (non-hydrogen) atoms. The van der Waals surface area contributed by atoms with Crippen molar-refractivity contribution in [2.24, 2.45) is 0 Å². The summed E-state index contributed by atoms with van der Waals surface area (Å²) in [7, 11) is 1.90. The third kappa shape index (κ3) is 3.62. The Hall–Kier alpha value is -2.22. The lowest BCUT2D eigenvalue weighted by Gasteiger charge is -2.15. The van der Waals surface area contributed by atoms with E-state index in [1.165, 1.54) is 16.3 Å². The van der Waals surface area contributed by atoms with Crippen LogP contribution >= 0.6 is 0 Å². The largest absolute Gasteiger partial charge is 0.393 e. The van der Waals surface area contributed by atoms with Crippen LogP contribution in [0.4, 0.5) is 0 Å². The van der Waals surface area contributed by atoms with Crippen LogP contribution in [0, 0.1) is 0 Å². The Kier molecular flexibility index (Phi) is 4.62. The lowest BCUT2D eigenvalue weighted by molar-refractivity contribution is 0.498. The second-order valence-electron chi connectivity index (χ2n) is 4.44. The molecule has 2 nitrogen and oxygen atoms in total. The maximum absolute atomic E-state index is 3.02. The van der Waals surface area contributed by atoms with Gasteiger partial charge in [0.15, 0.2) is 0 Å². The van der Waals surface area contributed by atoms with E-state index in [2.05, 4.69) is 58.9 Å². The first-order valence-electron chi connectivity index (χ1n) is 6.53. The quantitative estimate of drug-likeness (QED) is 0.869. The predicted molar refractivity (Wildman–Crippen MR) is 82.5 cm³/mol. The molecule has 0 aliphatic heterocycles. The zero-order valence-electron chi connectivity index (χ0n) is 11.5. The molecule has 0 fully saturated rings. The molecule has 0 bridgehead atoms. The van der Waals surface area contributed by atoms with Crippen molar-refractivity contribution in [3.05, 3.63) is 72.7 Å². The van der Waals surface area contributed by atoms with Gasteiger partial charge in [-0.25, -0.2) is 0 Å². The molecule has 2 aromatic rings. The minimum atomic E-state index is 0.868. The summed E-state index contributed by atoms with van der Waals surface area (Å²) in [4.78, 5) is 2.15. The van der Waals surface area contributed by atoms with Gasteiger partial charge in [0.05, 0.1) is 0 Å². The van der Waals surface area contributed by atoms with E-state index < -0.39 is 0 Å². The van der Waals surface area contributed by atoms with Gasteiger partial charge in [-0.15, -0.1) is 0 Å². The smallest absolute Gasteiger partial charge is 0.0470 e. The Labute approximate surface area is 115 Å². The molecular formula is C17H20N2. The van der Waals surface area contributed by atoms with Gasteiger partial charge in [-0.05, 0) is 35.5 Å². The normalized spacial score (nSPS) is 11.5. The fourth-order valence-electron chi connectivity index (χ4n) is 2.06. The highest BCUT2D eigenvalue weighted by atomic mass is 15.1. The van der Waals surface area contributed by atoms with E-state index in [4.69, 9.17) is 0 Å². The lowest BCUT2D eigenvalue weighted by atomic mass is 10.1. The minimum Gasteiger partial charge on any atom is -0.393 e. The van der Waals surface area contributed by atoms with Crippen LogP contribution in [-0.2, 0) is 6.54 Å². The Bertz CT molecular complexity index is 585. The van der Waals surface area contributed by atoms with Crippen molar-refractivity contribution in [2.45, 2.75) is 13.5 Å². The SMILES string of the molecule is C/C=C\N(/C=C\NC)Cc1ccc2ccccc2c1. The minimum absolute atomic E-state index is 0.868. The van der Waals surface area contributed by atoms with Crippen molar-refractivity contribution in [3.8, 4) is 0 Å². The number of fused-ring (bicyclic) bond motifs is 1. The molecule has 2 aromatic carbocycles. The van der Waals surface area contributed by atoms with Gasteiger partial charge in [-0.2, -0.15) is 0 Å². The Morgan fingerprint density at radius 2 is 1.84 bits per heavy atom. The number of hydrogen-bond acceptors (Lipinski definition) is 2. The van der Waals surface area contributed by atoms with E-state index in [0.29, 0.717) is 0 Å². The predicted octanol–water partition coefficient (Wildman–Crippen LogP) is 3.87. The Morgan fingerprint density at radius 3 is 2.58 bits per heavy atom. The molecule has 0 aliphatic rings. The molecule has 2 rings (SSSR count). The van der Waals surface area contributed by atoms with Gasteiger partial charge in [0.1, 0.15) is 0 Å². The van der Waals surface area contributed by atoms with Gasteiger partial charge >= 0.3 is 0 Å². The molecule has 0 spiro atoms. The van der Waals surface area contributed by atoms with Crippen LogP contribution in [0.5, 0.6) is 0 Å². The third-order valence-electron chi connectivity index (χ3n) is 2.95. The molecule has 0 saturated heterocycles. The van der Waals surface area contributed by atoms with Crippen molar-refractivity contribution >= 4 is 10.8 Å². The van der Waals surface area contributed by atoms with E-state index in [1.807, 2.05) is 32.4 Å². The molecule has 0 aromatic heterocycles. The first-order chi connectivity index (χ1) is 9.33. The van der Waals surface area contributed by atoms with Crippen LogP contribution < -0.4 is 5.32 Å². The molecule has 0 aliphatic carbocycles. The van der Waals surface area contributed by atoms with Gasteiger partial charge in [0.2, 0.25) is 0 Å². The van der Waals surface area contributed by atoms with E-state index in [0.717, 1.165) is 6.54 Å². The van der Waals surface area contributed by atoms with E-state index >= 15 is 0 Å².